The summed E-state index contributed by atoms with van der Waals surface area (Å²) in [4.78, 5) is 14.5. The Balaban J connectivity index is 1.60. The molecule has 0 saturated carbocycles. The summed E-state index contributed by atoms with van der Waals surface area (Å²) in [6.45, 7) is 3.48. The van der Waals surface area contributed by atoms with Crippen molar-refractivity contribution in [2.45, 2.75) is 20.0 Å². The van der Waals surface area contributed by atoms with Gasteiger partial charge in [0.25, 0.3) is 5.91 Å². The fourth-order valence-electron chi connectivity index (χ4n) is 2.91. The van der Waals surface area contributed by atoms with Crippen LogP contribution in [0.1, 0.15) is 21.7 Å². The van der Waals surface area contributed by atoms with Gasteiger partial charge in [-0.2, -0.15) is 5.10 Å². The van der Waals surface area contributed by atoms with Gasteiger partial charge in [0, 0.05) is 19.3 Å². The fraction of sp³-hybridized carbons (Fsp3) is 0.235. The number of carbonyl (C=O) groups is 1. The second-order valence-corrected chi connectivity index (χ2v) is 6.32. The molecule has 8 heteroatoms. The molecule has 1 aliphatic heterocycles. The van der Waals surface area contributed by atoms with Crippen molar-refractivity contribution >= 4 is 17.5 Å². The lowest BCUT2D eigenvalue weighted by Gasteiger charge is -2.28. The van der Waals surface area contributed by atoms with Gasteiger partial charge >= 0.3 is 0 Å². The van der Waals surface area contributed by atoms with E-state index in [-0.39, 0.29) is 5.91 Å². The van der Waals surface area contributed by atoms with E-state index in [1.807, 2.05) is 29.7 Å². The SMILES string of the molecule is Cc1ccc(C(=O)N2CCn3c(nnc3-c3cccnn3)C2)c(Cl)c1. The van der Waals surface area contributed by atoms with Crippen molar-refractivity contribution in [3.05, 3.63) is 58.5 Å². The second kappa shape index (κ2) is 6.25. The van der Waals surface area contributed by atoms with E-state index in [9.17, 15) is 4.79 Å². The third kappa shape index (κ3) is 2.87. The molecule has 0 bridgehead atoms. The summed E-state index contributed by atoms with van der Waals surface area (Å²) in [6, 6.07) is 9.10. The van der Waals surface area contributed by atoms with Gasteiger partial charge in [0.15, 0.2) is 11.6 Å². The third-order valence-corrected chi connectivity index (χ3v) is 4.51. The van der Waals surface area contributed by atoms with Crippen molar-refractivity contribution < 1.29 is 4.79 Å². The normalized spacial score (nSPS) is 13.6. The monoisotopic (exact) mass is 354 g/mol. The minimum absolute atomic E-state index is 0.0969. The van der Waals surface area contributed by atoms with E-state index in [2.05, 4.69) is 20.4 Å². The maximum atomic E-state index is 12.8. The van der Waals surface area contributed by atoms with Crippen LogP contribution >= 0.6 is 11.6 Å². The lowest BCUT2D eigenvalue weighted by molar-refractivity contribution is 0.0708. The molecule has 0 radical (unpaired) electrons. The van der Waals surface area contributed by atoms with Gasteiger partial charge in [-0.1, -0.05) is 17.7 Å². The van der Waals surface area contributed by atoms with Crippen LogP contribution in [-0.2, 0) is 13.1 Å². The molecule has 1 amide bonds. The number of aromatic nitrogens is 5. The standard InChI is InChI=1S/C17H15ClN6O/c1-11-4-5-12(13(18)9-11)17(25)23-7-8-24-15(10-23)21-22-16(24)14-3-2-6-19-20-14/h2-6,9H,7-8,10H2,1H3. The first-order chi connectivity index (χ1) is 12.1. The van der Waals surface area contributed by atoms with Crippen LogP contribution in [0.5, 0.6) is 0 Å². The smallest absolute Gasteiger partial charge is 0.255 e. The van der Waals surface area contributed by atoms with Crippen molar-refractivity contribution in [2.24, 2.45) is 0 Å². The molecule has 1 aliphatic rings. The molecule has 0 N–H and O–H groups in total. The third-order valence-electron chi connectivity index (χ3n) is 4.20. The molecule has 2 aromatic heterocycles. The topological polar surface area (TPSA) is 76.8 Å². The molecular formula is C17H15ClN6O. The predicted octanol–water partition coefficient (Wildman–Crippen LogP) is 2.35. The van der Waals surface area contributed by atoms with E-state index in [0.29, 0.717) is 41.7 Å². The summed E-state index contributed by atoms with van der Waals surface area (Å²) >= 11 is 6.23. The van der Waals surface area contributed by atoms with Gasteiger partial charge in [-0.15, -0.1) is 15.3 Å². The number of carbonyl (C=O) groups excluding carboxylic acids is 1. The lowest BCUT2D eigenvalue weighted by Crippen LogP contribution is -2.38. The van der Waals surface area contributed by atoms with E-state index in [1.165, 1.54) is 0 Å². The summed E-state index contributed by atoms with van der Waals surface area (Å²) in [5.74, 6) is 1.30. The first-order valence-electron chi connectivity index (χ1n) is 7.89. The predicted molar refractivity (Wildman–Crippen MR) is 92.0 cm³/mol. The number of nitrogens with zero attached hydrogens (tertiary/aromatic N) is 6. The van der Waals surface area contributed by atoms with Crippen LogP contribution in [0.25, 0.3) is 11.5 Å². The highest BCUT2D eigenvalue weighted by molar-refractivity contribution is 6.33. The average molecular weight is 355 g/mol. The van der Waals surface area contributed by atoms with Crippen LogP contribution in [0.4, 0.5) is 0 Å². The number of halogens is 1. The second-order valence-electron chi connectivity index (χ2n) is 5.91. The minimum Gasteiger partial charge on any atom is -0.329 e. The summed E-state index contributed by atoms with van der Waals surface area (Å²) in [7, 11) is 0. The Morgan fingerprint density at radius 1 is 1.16 bits per heavy atom. The highest BCUT2D eigenvalue weighted by Gasteiger charge is 2.27. The van der Waals surface area contributed by atoms with E-state index < -0.39 is 0 Å². The van der Waals surface area contributed by atoms with Crippen LogP contribution in [0.3, 0.4) is 0 Å². The number of amides is 1. The van der Waals surface area contributed by atoms with Crippen molar-refractivity contribution in [3.63, 3.8) is 0 Å². The van der Waals surface area contributed by atoms with Crippen LogP contribution in [0.2, 0.25) is 5.02 Å². The highest BCUT2D eigenvalue weighted by atomic mass is 35.5. The lowest BCUT2D eigenvalue weighted by atomic mass is 10.1. The van der Waals surface area contributed by atoms with Gasteiger partial charge in [-0.3, -0.25) is 4.79 Å². The van der Waals surface area contributed by atoms with E-state index in [4.69, 9.17) is 11.6 Å². The van der Waals surface area contributed by atoms with Gasteiger partial charge in [0.1, 0.15) is 5.69 Å². The molecule has 4 rings (SSSR count). The highest BCUT2D eigenvalue weighted by Crippen LogP contribution is 2.23. The Morgan fingerprint density at radius 2 is 2.04 bits per heavy atom. The molecule has 7 nitrogen and oxygen atoms in total. The molecule has 3 heterocycles. The van der Waals surface area contributed by atoms with Crippen molar-refractivity contribution in [1.29, 1.82) is 0 Å². The summed E-state index contributed by atoms with van der Waals surface area (Å²) in [5.41, 5.74) is 2.20. The Kier molecular flexibility index (Phi) is 3.93. The van der Waals surface area contributed by atoms with Crippen LogP contribution in [-0.4, -0.2) is 42.3 Å². The number of hydrogen-bond donors (Lipinski definition) is 0. The number of hydrogen-bond acceptors (Lipinski definition) is 5. The van der Waals surface area contributed by atoms with E-state index >= 15 is 0 Å². The molecular weight excluding hydrogens is 340 g/mol. The Labute approximate surface area is 149 Å². The number of benzene rings is 1. The zero-order valence-corrected chi connectivity index (χ0v) is 14.3. The van der Waals surface area contributed by atoms with Crippen LogP contribution < -0.4 is 0 Å². The molecule has 25 heavy (non-hydrogen) atoms. The molecule has 0 fully saturated rings. The van der Waals surface area contributed by atoms with Gasteiger partial charge < -0.3 is 9.47 Å². The minimum atomic E-state index is -0.0969. The van der Waals surface area contributed by atoms with Gasteiger partial charge in [-0.05, 0) is 36.8 Å². The largest absolute Gasteiger partial charge is 0.329 e. The molecule has 1 aromatic carbocycles. The van der Waals surface area contributed by atoms with Crippen LogP contribution in [0, 0.1) is 6.92 Å². The number of rotatable bonds is 2. The molecule has 3 aromatic rings. The maximum absolute atomic E-state index is 12.8. The van der Waals surface area contributed by atoms with Gasteiger partial charge in [0.2, 0.25) is 0 Å². The molecule has 0 spiro atoms. The molecule has 126 valence electrons. The first kappa shape index (κ1) is 15.7. The molecule has 0 aliphatic carbocycles. The fourth-order valence-corrected chi connectivity index (χ4v) is 3.22. The maximum Gasteiger partial charge on any atom is 0.255 e. The summed E-state index contributed by atoms with van der Waals surface area (Å²) < 4.78 is 1.98. The summed E-state index contributed by atoms with van der Waals surface area (Å²) in [5, 5.41) is 16.9. The van der Waals surface area contributed by atoms with Crippen molar-refractivity contribution in [3.8, 4) is 11.5 Å². The van der Waals surface area contributed by atoms with Gasteiger partial charge in [-0.25, -0.2) is 0 Å². The zero-order chi connectivity index (χ0) is 17.4. The van der Waals surface area contributed by atoms with Gasteiger partial charge in [0.05, 0.1) is 17.1 Å². The average Bonchev–Trinajstić information content (AvgIpc) is 3.05. The Hall–Kier alpha value is -2.80. The van der Waals surface area contributed by atoms with Crippen molar-refractivity contribution in [2.75, 3.05) is 6.54 Å². The zero-order valence-electron chi connectivity index (χ0n) is 13.6. The summed E-state index contributed by atoms with van der Waals surface area (Å²) in [6.07, 6.45) is 1.61. The Bertz CT molecular complexity index is 940. The molecule has 0 atom stereocenters. The molecule has 0 saturated heterocycles. The molecule has 0 unspecified atom stereocenters. The quantitative estimate of drug-likeness (QED) is 0.706. The van der Waals surface area contributed by atoms with Crippen molar-refractivity contribution in [1.82, 2.24) is 29.9 Å². The van der Waals surface area contributed by atoms with Crippen LogP contribution in [0.15, 0.2) is 36.5 Å². The first-order valence-corrected chi connectivity index (χ1v) is 8.27. The van der Waals surface area contributed by atoms with E-state index in [0.717, 1.165) is 11.4 Å². The number of fused-ring (bicyclic) bond motifs is 1. The van der Waals surface area contributed by atoms with E-state index in [1.54, 1.807) is 23.2 Å². The number of aryl methyl sites for hydroxylation is 1. The Morgan fingerprint density at radius 3 is 2.80 bits per heavy atom.